The van der Waals surface area contributed by atoms with Gasteiger partial charge >= 0.3 is 276 Å². The van der Waals surface area contributed by atoms with Crippen LogP contribution in [-0.4, -0.2) is 86.1 Å². The van der Waals surface area contributed by atoms with Crippen molar-refractivity contribution in [1.29, 1.82) is 0 Å². The van der Waals surface area contributed by atoms with Gasteiger partial charge in [0.15, 0.2) is 0 Å². The van der Waals surface area contributed by atoms with Crippen molar-refractivity contribution < 1.29 is 0 Å². The van der Waals surface area contributed by atoms with Crippen LogP contribution in [0.5, 0.6) is 0 Å². The fourth-order valence-electron chi connectivity index (χ4n) is 4.49. The normalized spacial score (nSPS) is 11.3. The van der Waals surface area contributed by atoms with Gasteiger partial charge in [0, 0.05) is 0 Å². The third-order valence-corrected chi connectivity index (χ3v) is 21.2. The minimum absolute atomic E-state index is 0.307. The molecule has 0 bridgehead atoms. The van der Waals surface area contributed by atoms with E-state index in [0.717, 1.165) is 0 Å². The van der Waals surface area contributed by atoms with E-state index >= 15 is 0 Å². The van der Waals surface area contributed by atoms with Gasteiger partial charge in [-0.2, -0.15) is 0 Å². The van der Waals surface area contributed by atoms with Gasteiger partial charge < -0.3 is 0 Å². The van der Waals surface area contributed by atoms with Crippen LogP contribution in [-0.2, 0) is 0 Å². The molecule has 6 aromatic carbocycles. The van der Waals surface area contributed by atoms with Gasteiger partial charge in [0.2, 0.25) is 0 Å². The summed E-state index contributed by atoms with van der Waals surface area (Å²) in [6.45, 7) is 0. The van der Waals surface area contributed by atoms with E-state index in [-0.39, 0.29) is 0 Å². The third kappa shape index (κ3) is 6.78. The predicted molar refractivity (Wildman–Crippen MR) is 184 cm³/mol. The maximum absolute atomic E-state index is 2.40. The van der Waals surface area contributed by atoms with E-state index in [1.165, 1.54) is 48.3 Å². The molecule has 0 atom stereocenters. The summed E-state index contributed by atoms with van der Waals surface area (Å²) in [5, 5.41) is 5.81. The van der Waals surface area contributed by atoms with Crippen molar-refractivity contribution in [1.82, 2.24) is 0 Å². The van der Waals surface area contributed by atoms with E-state index in [1.807, 2.05) is 0 Å². The van der Waals surface area contributed by atoms with Gasteiger partial charge in [-0.3, -0.25) is 0 Å². The Hall–Kier alpha value is -1.04. The first kappa shape index (κ1) is 29.0. The Labute approximate surface area is 273 Å². The van der Waals surface area contributed by atoms with E-state index in [0.29, 0.717) is 86.1 Å². The molecule has 6 aromatic rings. The van der Waals surface area contributed by atoms with Crippen molar-refractivity contribution in [3.05, 3.63) is 121 Å². The van der Waals surface area contributed by atoms with Crippen LogP contribution < -0.4 is 35.7 Å². The summed E-state index contributed by atoms with van der Waals surface area (Å²) in [5.74, 6) is 4.58. The van der Waals surface area contributed by atoms with Crippen LogP contribution in [0.15, 0.2) is 121 Å². The van der Waals surface area contributed by atoms with Crippen molar-refractivity contribution in [2.24, 2.45) is 0 Å². The van der Waals surface area contributed by atoms with E-state index in [2.05, 4.69) is 133 Å². The molecule has 0 radical (unpaired) electrons. The first-order chi connectivity index (χ1) is 19.7. The molecule has 0 fully saturated rings. The van der Waals surface area contributed by atoms with Gasteiger partial charge in [0.05, 0.1) is 0 Å². The Morgan fingerprint density at radius 3 is 1.02 bits per heavy atom. The molecule has 6 rings (SSSR count). The molecule has 0 aliphatic rings. The fraction of sp³-hybridized carbons (Fsp3) is 0.0588. The van der Waals surface area contributed by atoms with Gasteiger partial charge in [-0.05, 0) is 0 Å². The van der Waals surface area contributed by atoms with Crippen molar-refractivity contribution in [3.63, 3.8) is 0 Å². The van der Waals surface area contributed by atoms with Crippen molar-refractivity contribution >= 4 is 143 Å². The molecular formula is C34H26Se6. The molecule has 0 aromatic heterocycles. The average molecular weight is 908 g/mol. The number of hydrogen-bond acceptors (Lipinski definition) is 0. The van der Waals surface area contributed by atoms with E-state index < -0.39 is 0 Å². The average Bonchev–Trinajstić information content (AvgIpc) is 3.01. The summed E-state index contributed by atoms with van der Waals surface area (Å²) in [6.07, 6.45) is 0. The number of hydrogen-bond donors (Lipinski definition) is 0. The molecule has 0 amide bonds. The molecular weight excluding hydrogens is 882 g/mol. The second-order valence-electron chi connectivity index (χ2n) is 8.94. The standard InChI is InChI=1S/C34H26Se6/c1-35-25-15-19-27(20-16-25)37-29-11-3-7-23-9-5-13-31(33(23)29)39-40-32-14-6-10-24-8-4-12-30(34(24)32)38-28-21-17-26(36-2)18-22-28/h3-22H,1-2H3. The molecule has 198 valence electrons. The summed E-state index contributed by atoms with van der Waals surface area (Å²) < 4.78 is 12.1. The zero-order valence-corrected chi connectivity index (χ0v) is 32.3. The molecule has 0 spiro atoms. The van der Waals surface area contributed by atoms with Crippen molar-refractivity contribution in [2.45, 2.75) is 11.6 Å². The van der Waals surface area contributed by atoms with Gasteiger partial charge in [-0.25, -0.2) is 0 Å². The summed E-state index contributed by atoms with van der Waals surface area (Å²) in [4.78, 5) is 0. The van der Waals surface area contributed by atoms with E-state index in [9.17, 15) is 0 Å². The summed E-state index contributed by atoms with van der Waals surface area (Å²) in [6, 6.07) is 46.5. The molecule has 40 heavy (non-hydrogen) atoms. The van der Waals surface area contributed by atoms with Crippen LogP contribution >= 0.6 is 0 Å². The van der Waals surface area contributed by atoms with Crippen LogP contribution in [0.3, 0.4) is 0 Å². The van der Waals surface area contributed by atoms with Crippen molar-refractivity contribution in [3.8, 4) is 0 Å². The molecule has 0 aliphatic carbocycles. The second kappa shape index (κ2) is 14.0. The van der Waals surface area contributed by atoms with E-state index in [1.54, 1.807) is 8.92 Å². The third-order valence-electron chi connectivity index (χ3n) is 6.45. The Bertz CT molecular complexity index is 1620. The minimum atomic E-state index is 0.307. The molecule has 0 unspecified atom stereocenters. The van der Waals surface area contributed by atoms with Crippen molar-refractivity contribution in [2.75, 3.05) is 0 Å². The van der Waals surface area contributed by atoms with Crippen LogP contribution in [0.2, 0.25) is 11.6 Å². The Morgan fingerprint density at radius 1 is 0.350 bits per heavy atom. The van der Waals surface area contributed by atoms with Gasteiger partial charge in [-0.1, -0.05) is 0 Å². The predicted octanol–water partition coefficient (Wildman–Crippen LogP) is 1.33. The molecule has 6 heteroatoms. The molecule has 0 saturated carbocycles. The van der Waals surface area contributed by atoms with Crippen LogP contribution in [0.4, 0.5) is 0 Å². The first-order valence-corrected chi connectivity index (χ1v) is 27.3. The first-order valence-electron chi connectivity index (χ1n) is 12.7. The summed E-state index contributed by atoms with van der Waals surface area (Å²) in [7, 11) is 0. The quantitative estimate of drug-likeness (QED) is 0.193. The second-order valence-corrected chi connectivity index (χ2v) is 23.5. The number of benzene rings is 6. The van der Waals surface area contributed by atoms with Gasteiger partial charge in [0.1, 0.15) is 0 Å². The van der Waals surface area contributed by atoms with Gasteiger partial charge in [0.25, 0.3) is 0 Å². The topological polar surface area (TPSA) is 0 Å². The van der Waals surface area contributed by atoms with Crippen LogP contribution in [0.25, 0.3) is 21.5 Å². The maximum atomic E-state index is 2.40. The Balaban J connectivity index is 1.32. The molecule has 0 nitrogen and oxygen atoms in total. The monoisotopic (exact) mass is 914 g/mol. The zero-order valence-electron chi connectivity index (χ0n) is 22.0. The fourth-order valence-corrected chi connectivity index (χ4v) is 18.3. The van der Waals surface area contributed by atoms with Crippen LogP contribution in [0, 0.1) is 0 Å². The zero-order chi connectivity index (χ0) is 27.3. The number of rotatable bonds is 9. The molecule has 0 saturated heterocycles. The molecule has 0 heterocycles. The SMILES string of the molecule is C[Se]c1ccc([Se]c2cccc3cccc([Se][Se]c4cccc5cccc([Se]c6ccc([Se]C)cc6)c45)c23)cc1. The van der Waals surface area contributed by atoms with E-state index in [4.69, 9.17) is 0 Å². The molecule has 0 aliphatic heterocycles. The number of fused-ring (bicyclic) bond motifs is 2. The summed E-state index contributed by atoms with van der Waals surface area (Å²) in [5.41, 5.74) is 0. The summed E-state index contributed by atoms with van der Waals surface area (Å²) >= 11 is 2.56. The van der Waals surface area contributed by atoms with Gasteiger partial charge in [-0.15, -0.1) is 0 Å². The Morgan fingerprint density at radius 2 is 0.675 bits per heavy atom. The molecule has 0 N–H and O–H groups in total. The van der Waals surface area contributed by atoms with Crippen LogP contribution in [0.1, 0.15) is 0 Å². The Kier molecular flexibility index (Phi) is 10.1.